The quantitative estimate of drug-likeness (QED) is 0.903. The lowest BCUT2D eigenvalue weighted by Gasteiger charge is -2.17. The molecule has 5 heteroatoms. The summed E-state index contributed by atoms with van der Waals surface area (Å²) in [6.07, 6.45) is 0.279. The van der Waals surface area contributed by atoms with Crippen LogP contribution in [0.4, 0.5) is 4.39 Å². The standard InChI is InChI=1S/C9H15BrFN3/c1-6-8(10)7(14(3)13-6)4-9(2,11)5-12/h4-5,12H2,1-3H3. The maximum Gasteiger partial charge on any atom is 0.125 e. The summed E-state index contributed by atoms with van der Waals surface area (Å²) in [4.78, 5) is 0. The Morgan fingerprint density at radius 1 is 1.64 bits per heavy atom. The van der Waals surface area contributed by atoms with Gasteiger partial charge in [-0.3, -0.25) is 4.68 Å². The summed E-state index contributed by atoms with van der Waals surface area (Å²) in [5.41, 5.74) is 5.68. The number of aromatic nitrogens is 2. The van der Waals surface area contributed by atoms with E-state index in [1.165, 1.54) is 6.92 Å². The maximum atomic E-state index is 13.7. The van der Waals surface area contributed by atoms with Gasteiger partial charge in [0, 0.05) is 20.0 Å². The van der Waals surface area contributed by atoms with Gasteiger partial charge in [-0.1, -0.05) is 0 Å². The van der Waals surface area contributed by atoms with Crippen LogP contribution in [0.1, 0.15) is 18.3 Å². The van der Waals surface area contributed by atoms with Crippen molar-refractivity contribution < 1.29 is 4.39 Å². The summed E-state index contributed by atoms with van der Waals surface area (Å²) in [5, 5.41) is 4.19. The van der Waals surface area contributed by atoms with Crippen molar-refractivity contribution >= 4 is 15.9 Å². The van der Waals surface area contributed by atoms with Gasteiger partial charge in [0.05, 0.1) is 15.9 Å². The molecule has 0 saturated carbocycles. The number of nitrogens with two attached hydrogens (primary N) is 1. The van der Waals surface area contributed by atoms with Gasteiger partial charge in [-0.15, -0.1) is 0 Å². The van der Waals surface area contributed by atoms with Crippen LogP contribution in [-0.2, 0) is 13.5 Å². The van der Waals surface area contributed by atoms with E-state index in [0.717, 1.165) is 15.9 Å². The number of rotatable bonds is 3. The number of alkyl halides is 1. The van der Waals surface area contributed by atoms with E-state index >= 15 is 0 Å². The van der Waals surface area contributed by atoms with Crippen LogP contribution < -0.4 is 5.73 Å². The molecule has 0 aliphatic heterocycles. The van der Waals surface area contributed by atoms with Crippen molar-refractivity contribution in [2.24, 2.45) is 12.8 Å². The minimum absolute atomic E-state index is 0.0175. The highest BCUT2D eigenvalue weighted by Gasteiger charge is 2.25. The second-order valence-corrected chi connectivity index (χ2v) is 4.56. The molecule has 0 amide bonds. The van der Waals surface area contributed by atoms with Crippen molar-refractivity contribution in [2.75, 3.05) is 6.54 Å². The topological polar surface area (TPSA) is 43.8 Å². The first-order valence-corrected chi connectivity index (χ1v) is 5.23. The van der Waals surface area contributed by atoms with Crippen LogP contribution in [0.15, 0.2) is 4.47 Å². The van der Waals surface area contributed by atoms with Gasteiger partial charge < -0.3 is 5.73 Å². The fourth-order valence-electron chi connectivity index (χ4n) is 1.29. The molecular weight excluding hydrogens is 249 g/mol. The van der Waals surface area contributed by atoms with Gasteiger partial charge in [-0.05, 0) is 29.8 Å². The van der Waals surface area contributed by atoms with Crippen LogP contribution in [0.5, 0.6) is 0 Å². The van der Waals surface area contributed by atoms with Crippen LogP contribution >= 0.6 is 15.9 Å². The summed E-state index contributed by atoms with van der Waals surface area (Å²) < 4.78 is 16.2. The van der Waals surface area contributed by atoms with Crippen LogP contribution in [0.2, 0.25) is 0 Å². The molecule has 0 bridgehead atoms. The molecule has 0 aliphatic carbocycles. The van der Waals surface area contributed by atoms with Gasteiger partial charge in [0.25, 0.3) is 0 Å². The smallest absolute Gasteiger partial charge is 0.125 e. The van der Waals surface area contributed by atoms with Gasteiger partial charge in [-0.2, -0.15) is 5.10 Å². The number of hydrogen-bond acceptors (Lipinski definition) is 2. The van der Waals surface area contributed by atoms with Gasteiger partial charge in [0.2, 0.25) is 0 Å². The molecule has 1 heterocycles. The van der Waals surface area contributed by atoms with Crippen molar-refractivity contribution in [1.29, 1.82) is 0 Å². The third-order valence-electron chi connectivity index (χ3n) is 2.22. The van der Waals surface area contributed by atoms with E-state index in [1.54, 1.807) is 11.7 Å². The number of aryl methyl sites for hydroxylation is 2. The highest BCUT2D eigenvalue weighted by atomic mass is 79.9. The number of halogens is 2. The molecule has 1 aromatic heterocycles. The lowest BCUT2D eigenvalue weighted by molar-refractivity contribution is 0.196. The summed E-state index contributed by atoms with van der Waals surface area (Å²) in [6, 6.07) is 0. The molecule has 1 rings (SSSR count). The first kappa shape index (κ1) is 11.7. The molecule has 14 heavy (non-hydrogen) atoms. The largest absolute Gasteiger partial charge is 0.328 e. The average Bonchev–Trinajstić information content (AvgIpc) is 2.32. The van der Waals surface area contributed by atoms with Crippen LogP contribution in [-0.4, -0.2) is 22.0 Å². The molecule has 0 radical (unpaired) electrons. The average molecular weight is 264 g/mol. The lowest BCUT2D eigenvalue weighted by atomic mass is 10.0. The third kappa shape index (κ3) is 2.33. The van der Waals surface area contributed by atoms with Gasteiger partial charge in [0.1, 0.15) is 5.67 Å². The highest BCUT2D eigenvalue weighted by molar-refractivity contribution is 9.10. The Balaban J connectivity index is 2.97. The van der Waals surface area contributed by atoms with Gasteiger partial charge >= 0.3 is 0 Å². The minimum Gasteiger partial charge on any atom is -0.328 e. The third-order valence-corrected chi connectivity index (χ3v) is 3.25. The van der Waals surface area contributed by atoms with Crippen molar-refractivity contribution in [3.8, 4) is 0 Å². The normalized spacial score (nSPS) is 15.6. The monoisotopic (exact) mass is 263 g/mol. The van der Waals surface area contributed by atoms with Crippen molar-refractivity contribution in [1.82, 2.24) is 9.78 Å². The van der Waals surface area contributed by atoms with Crippen LogP contribution in [0.25, 0.3) is 0 Å². The number of nitrogens with zero attached hydrogens (tertiary/aromatic N) is 2. The predicted octanol–water partition coefficient (Wildman–Crippen LogP) is 1.72. The highest BCUT2D eigenvalue weighted by Crippen LogP contribution is 2.25. The Morgan fingerprint density at radius 2 is 2.21 bits per heavy atom. The van der Waals surface area contributed by atoms with Crippen LogP contribution in [0.3, 0.4) is 0 Å². The second kappa shape index (κ2) is 3.98. The summed E-state index contributed by atoms with van der Waals surface area (Å²) in [6.45, 7) is 3.40. The van der Waals surface area contributed by atoms with E-state index in [2.05, 4.69) is 21.0 Å². The molecule has 1 unspecified atom stereocenters. The zero-order valence-electron chi connectivity index (χ0n) is 8.64. The molecule has 0 spiro atoms. The Labute approximate surface area is 91.6 Å². The fourth-order valence-corrected chi connectivity index (χ4v) is 1.77. The van der Waals surface area contributed by atoms with E-state index in [4.69, 9.17) is 5.73 Å². The van der Waals surface area contributed by atoms with E-state index in [-0.39, 0.29) is 13.0 Å². The van der Waals surface area contributed by atoms with E-state index in [0.29, 0.717) is 0 Å². The predicted molar refractivity (Wildman–Crippen MR) is 57.9 cm³/mol. The van der Waals surface area contributed by atoms with Crippen LogP contribution in [0, 0.1) is 6.92 Å². The van der Waals surface area contributed by atoms with Gasteiger partial charge in [-0.25, -0.2) is 4.39 Å². The molecule has 3 nitrogen and oxygen atoms in total. The SMILES string of the molecule is Cc1nn(C)c(CC(C)(F)CN)c1Br. The van der Waals surface area contributed by atoms with Crippen molar-refractivity contribution in [3.05, 3.63) is 15.9 Å². The summed E-state index contributed by atoms with van der Waals surface area (Å²) >= 11 is 3.39. The first-order valence-electron chi connectivity index (χ1n) is 4.44. The molecule has 0 saturated heterocycles. The first-order chi connectivity index (χ1) is 6.37. The van der Waals surface area contributed by atoms with E-state index < -0.39 is 5.67 Å². The zero-order valence-corrected chi connectivity index (χ0v) is 10.2. The molecule has 0 aliphatic rings. The number of hydrogen-bond donors (Lipinski definition) is 1. The van der Waals surface area contributed by atoms with Gasteiger partial charge in [0.15, 0.2) is 0 Å². The van der Waals surface area contributed by atoms with Crippen molar-refractivity contribution in [3.63, 3.8) is 0 Å². The Kier molecular flexibility index (Phi) is 3.32. The summed E-state index contributed by atoms with van der Waals surface area (Å²) in [5.74, 6) is 0. The molecule has 0 fully saturated rings. The van der Waals surface area contributed by atoms with E-state index in [1.807, 2.05) is 6.92 Å². The molecule has 80 valence electrons. The fraction of sp³-hybridized carbons (Fsp3) is 0.667. The van der Waals surface area contributed by atoms with Crippen molar-refractivity contribution in [2.45, 2.75) is 25.9 Å². The Hall–Kier alpha value is -0.420. The Morgan fingerprint density at radius 3 is 2.57 bits per heavy atom. The molecule has 1 aromatic rings. The maximum absolute atomic E-state index is 13.7. The Bertz CT molecular complexity index is 333. The van der Waals surface area contributed by atoms with E-state index in [9.17, 15) is 4.39 Å². The zero-order chi connectivity index (χ0) is 10.9. The molecular formula is C9H15BrFN3. The summed E-state index contributed by atoms with van der Waals surface area (Å²) in [7, 11) is 1.81. The molecule has 0 aromatic carbocycles. The minimum atomic E-state index is -1.37. The second-order valence-electron chi connectivity index (χ2n) is 3.76. The molecule has 1 atom stereocenters. The molecule has 2 N–H and O–H groups in total. The lowest BCUT2D eigenvalue weighted by Crippen LogP contribution is -2.32.